The van der Waals surface area contributed by atoms with Gasteiger partial charge >= 0.3 is 6.03 Å². The topological polar surface area (TPSA) is 32.3 Å². The fourth-order valence-electron chi connectivity index (χ4n) is 1.12. The molecule has 0 bridgehead atoms. The zero-order valence-electron chi connectivity index (χ0n) is 8.47. The van der Waals surface area contributed by atoms with Crippen LogP contribution < -0.4 is 10.2 Å². The molecule has 0 aliphatic heterocycles. The van der Waals surface area contributed by atoms with E-state index < -0.39 is 0 Å². The smallest absolute Gasteiger partial charge is 0.321 e. The Kier molecular flexibility index (Phi) is 3.06. The minimum Gasteiger partial charge on any atom is -0.341 e. The highest BCUT2D eigenvalue weighted by Crippen LogP contribution is 2.16. The molecule has 0 aromatic heterocycles. The summed E-state index contributed by atoms with van der Waals surface area (Å²) < 4.78 is 12.9. The maximum atomic E-state index is 12.9. The first kappa shape index (κ1) is 10.5. The summed E-state index contributed by atoms with van der Waals surface area (Å²) in [4.78, 5) is 12.7. The Morgan fingerprint density at radius 3 is 2.64 bits per heavy atom. The van der Waals surface area contributed by atoms with Crippen LogP contribution in [-0.2, 0) is 0 Å². The predicted octanol–water partition coefficient (Wildman–Crippen LogP) is 1.91. The minimum absolute atomic E-state index is 0.226. The Morgan fingerprint density at radius 2 is 2.14 bits per heavy atom. The van der Waals surface area contributed by atoms with E-state index in [1.54, 1.807) is 33.2 Å². The van der Waals surface area contributed by atoms with Crippen molar-refractivity contribution in [2.75, 3.05) is 19.0 Å². The van der Waals surface area contributed by atoms with Crippen molar-refractivity contribution in [2.45, 2.75) is 6.92 Å². The number of aryl methyl sites for hydroxylation is 1. The zero-order chi connectivity index (χ0) is 10.7. The van der Waals surface area contributed by atoms with Gasteiger partial charge in [-0.05, 0) is 30.7 Å². The van der Waals surface area contributed by atoms with Gasteiger partial charge in [0, 0.05) is 19.8 Å². The summed E-state index contributed by atoms with van der Waals surface area (Å²) in [6.07, 6.45) is 0. The Labute approximate surface area is 82.5 Å². The predicted molar refractivity (Wildman–Crippen MR) is 54.0 cm³/mol. The monoisotopic (exact) mass is 196 g/mol. The maximum Gasteiger partial charge on any atom is 0.321 e. The van der Waals surface area contributed by atoms with Crippen LogP contribution in [0.2, 0.25) is 0 Å². The molecule has 0 saturated carbocycles. The molecule has 0 spiro atoms. The van der Waals surface area contributed by atoms with Crippen molar-refractivity contribution in [2.24, 2.45) is 0 Å². The lowest BCUT2D eigenvalue weighted by Crippen LogP contribution is -2.34. The number of amides is 2. The number of anilines is 1. The number of hydrogen-bond acceptors (Lipinski definition) is 1. The first-order chi connectivity index (χ1) is 6.56. The van der Waals surface area contributed by atoms with Gasteiger partial charge in [-0.15, -0.1) is 0 Å². The number of benzene rings is 1. The maximum absolute atomic E-state index is 12.9. The molecule has 3 nitrogen and oxygen atoms in total. The van der Waals surface area contributed by atoms with E-state index in [2.05, 4.69) is 5.32 Å². The highest BCUT2D eigenvalue weighted by molar-refractivity contribution is 5.91. The molecule has 0 saturated heterocycles. The molecule has 0 aliphatic rings. The van der Waals surface area contributed by atoms with Crippen LogP contribution in [0.4, 0.5) is 14.9 Å². The highest BCUT2D eigenvalue weighted by Gasteiger charge is 2.09. The zero-order valence-corrected chi connectivity index (χ0v) is 8.47. The van der Waals surface area contributed by atoms with Crippen LogP contribution in [0.5, 0.6) is 0 Å². The summed E-state index contributed by atoms with van der Waals surface area (Å²) in [5.41, 5.74) is 1.20. The van der Waals surface area contributed by atoms with E-state index in [-0.39, 0.29) is 11.8 Å². The van der Waals surface area contributed by atoms with Gasteiger partial charge in [0.25, 0.3) is 0 Å². The van der Waals surface area contributed by atoms with Crippen LogP contribution in [0.3, 0.4) is 0 Å². The SMILES string of the molecule is CNC(=O)N(C)c1ccc(F)c(C)c1. The molecule has 4 heteroatoms. The number of halogens is 1. The van der Waals surface area contributed by atoms with E-state index in [4.69, 9.17) is 0 Å². The third kappa shape index (κ3) is 2.02. The average Bonchev–Trinajstić information content (AvgIpc) is 2.20. The number of carbonyl (C=O) groups excluding carboxylic acids is 1. The van der Waals surface area contributed by atoms with Crippen molar-refractivity contribution in [3.63, 3.8) is 0 Å². The van der Waals surface area contributed by atoms with Gasteiger partial charge in [-0.25, -0.2) is 9.18 Å². The molecule has 0 radical (unpaired) electrons. The average molecular weight is 196 g/mol. The molecule has 0 unspecified atom stereocenters. The summed E-state index contributed by atoms with van der Waals surface area (Å²) in [7, 11) is 3.18. The van der Waals surface area contributed by atoms with E-state index in [0.29, 0.717) is 11.3 Å². The fraction of sp³-hybridized carbons (Fsp3) is 0.300. The Hall–Kier alpha value is -1.58. The van der Waals surface area contributed by atoms with Gasteiger partial charge in [0.15, 0.2) is 0 Å². The molecule has 1 rings (SSSR count). The Morgan fingerprint density at radius 1 is 1.50 bits per heavy atom. The summed E-state index contributed by atoms with van der Waals surface area (Å²) in [6.45, 7) is 1.66. The standard InChI is InChI=1S/C10H13FN2O/c1-7-6-8(4-5-9(7)11)13(3)10(14)12-2/h4-6H,1-3H3,(H,12,14). The quantitative estimate of drug-likeness (QED) is 0.731. The number of rotatable bonds is 1. The van der Waals surface area contributed by atoms with E-state index in [1.165, 1.54) is 11.0 Å². The number of hydrogen-bond donors (Lipinski definition) is 1. The van der Waals surface area contributed by atoms with E-state index in [9.17, 15) is 9.18 Å². The first-order valence-electron chi connectivity index (χ1n) is 4.28. The van der Waals surface area contributed by atoms with Gasteiger partial charge in [-0.3, -0.25) is 4.90 Å². The van der Waals surface area contributed by atoms with Gasteiger partial charge < -0.3 is 5.32 Å². The number of carbonyl (C=O) groups is 1. The molecule has 1 aromatic rings. The molecule has 14 heavy (non-hydrogen) atoms. The molecule has 1 aromatic carbocycles. The summed E-state index contributed by atoms with van der Waals surface area (Å²) in [5.74, 6) is -0.265. The van der Waals surface area contributed by atoms with Gasteiger partial charge in [0.05, 0.1) is 0 Å². The molecular weight excluding hydrogens is 183 g/mol. The third-order valence-corrected chi connectivity index (χ3v) is 2.05. The molecule has 0 fully saturated rings. The third-order valence-electron chi connectivity index (χ3n) is 2.05. The van der Waals surface area contributed by atoms with Gasteiger partial charge in [-0.1, -0.05) is 0 Å². The Balaban J connectivity index is 2.96. The van der Waals surface area contributed by atoms with Crippen molar-refractivity contribution < 1.29 is 9.18 Å². The second-order valence-electron chi connectivity index (χ2n) is 3.05. The van der Waals surface area contributed by atoms with Gasteiger partial charge in [0.2, 0.25) is 0 Å². The molecule has 0 aliphatic carbocycles. The van der Waals surface area contributed by atoms with E-state index in [0.717, 1.165) is 0 Å². The Bertz CT molecular complexity index is 352. The first-order valence-corrected chi connectivity index (χ1v) is 4.28. The largest absolute Gasteiger partial charge is 0.341 e. The molecule has 2 amide bonds. The molecule has 0 heterocycles. The second kappa shape index (κ2) is 4.09. The summed E-state index contributed by atoms with van der Waals surface area (Å²) in [6, 6.07) is 4.32. The molecule has 0 atom stereocenters. The summed E-state index contributed by atoms with van der Waals surface area (Å²) >= 11 is 0. The summed E-state index contributed by atoms with van der Waals surface area (Å²) in [5, 5.41) is 2.49. The number of urea groups is 1. The fourth-order valence-corrected chi connectivity index (χ4v) is 1.12. The van der Waals surface area contributed by atoms with Crippen molar-refractivity contribution >= 4 is 11.7 Å². The van der Waals surface area contributed by atoms with Gasteiger partial charge in [0.1, 0.15) is 5.82 Å². The lowest BCUT2D eigenvalue weighted by molar-refractivity contribution is 0.249. The molecule has 1 N–H and O–H groups in total. The van der Waals surface area contributed by atoms with Crippen LogP contribution in [0.15, 0.2) is 18.2 Å². The second-order valence-corrected chi connectivity index (χ2v) is 3.05. The number of nitrogens with one attached hydrogen (secondary N) is 1. The van der Waals surface area contributed by atoms with Crippen LogP contribution in [0, 0.1) is 12.7 Å². The number of nitrogens with zero attached hydrogens (tertiary/aromatic N) is 1. The normalized spacial score (nSPS) is 9.71. The van der Waals surface area contributed by atoms with Crippen LogP contribution in [0.25, 0.3) is 0 Å². The van der Waals surface area contributed by atoms with Crippen molar-refractivity contribution in [3.05, 3.63) is 29.6 Å². The highest BCUT2D eigenvalue weighted by atomic mass is 19.1. The van der Waals surface area contributed by atoms with E-state index >= 15 is 0 Å². The molecular formula is C10H13FN2O. The van der Waals surface area contributed by atoms with Gasteiger partial charge in [-0.2, -0.15) is 0 Å². The lowest BCUT2D eigenvalue weighted by atomic mass is 10.2. The minimum atomic E-state index is -0.265. The molecule has 76 valence electrons. The van der Waals surface area contributed by atoms with Crippen LogP contribution >= 0.6 is 0 Å². The lowest BCUT2D eigenvalue weighted by Gasteiger charge is -2.17. The van der Waals surface area contributed by atoms with Crippen molar-refractivity contribution in [1.29, 1.82) is 0 Å². The van der Waals surface area contributed by atoms with E-state index in [1.807, 2.05) is 0 Å². The van der Waals surface area contributed by atoms with Crippen molar-refractivity contribution in [1.82, 2.24) is 5.32 Å². The van der Waals surface area contributed by atoms with Crippen LogP contribution in [-0.4, -0.2) is 20.1 Å². The van der Waals surface area contributed by atoms with Crippen LogP contribution in [0.1, 0.15) is 5.56 Å². The van der Waals surface area contributed by atoms with Crippen molar-refractivity contribution in [3.8, 4) is 0 Å².